The molecule has 1 N–H and O–H groups in total. The number of nitrogens with one attached hydrogen (secondary N) is 1. The van der Waals surface area contributed by atoms with Crippen molar-refractivity contribution in [2.75, 3.05) is 11.9 Å². The standard InChI is InChI=1S/C11H15ClN2O/c1-8-11(2,5-6-15-8)14-10-4-3-9(12)7-13-10/h3-4,7-8H,5-6H2,1-2H3,(H,13,14). The Kier molecular flexibility index (Phi) is 2.85. The van der Waals surface area contributed by atoms with Crippen molar-refractivity contribution >= 4 is 17.4 Å². The number of aromatic nitrogens is 1. The van der Waals surface area contributed by atoms with E-state index in [9.17, 15) is 0 Å². The zero-order valence-corrected chi connectivity index (χ0v) is 9.71. The molecule has 0 bridgehead atoms. The van der Waals surface area contributed by atoms with Crippen molar-refractivity contribution in [1.82, 2.24) is 4.98 Å². The summed E-state index contributed by atoms with van der Waals surface area (Å²) in [6.45, 7) is 5.04. The maximum atomic E-state index is 5.78. The largest absolute Gasteiger partial charge is 0.376 e. The predicted octanol–water partition coefficient (Wildman–Crippen LogP) is 2.71. The Balaban J connectivity index is 2.11. The minimum Gasteiger partial charge on any atom is -0.376 e. The molecule has 1 aromatic rings. The van der Waals surface area contributed by atoms with Crippen LogP contribution in [0.1, 0.15) is 20.3 Å². The van der Waals surface area contributed by atoms with Crippen molar-refractivity contribution in [3.63, 3.8) is 0 Å². The molecule has 3 nitrogen and oxygen atoms in total. The molecular weight excluding hydrogens is 212 g/mol. The number of rotatable bonds is 2. The molecule has 2 rings (SSSR count). The van der Waals surface area contributed by atoms with Crippen molar-refractivity contribution in [2.45, 2.75) is 31.9 Å². The second kappa shape index (κ2) is 3.99. The quantitative estimate of drug-likeness (QED) is 0.842. The fourth-order valence-corrected chi connectivity index (χ4v) is 1.85. The summed E-state index contributed by atoms with van der Waals surface area (Å²) in [4.78, 5) is 4.22. The molecule has 0 aromatic carbocycles. The highest BCUT2D eigenvalue weighted by Gasteiger charge is 2.37. The van der Waals surface area contributed by atoms with E-state index in [4.69, 9.17) is 16.3 Å². The number of halogens is 1. The summed E-state index contributed by atoms with van der Waals surface area (Å²) >= 11 is 5.78. The monoisotopic (exact) mass is 226 g/mol. The van der Waals surface area contributed by atoms with Gasteiger partial charge in [-0.1, -0.05) is 11.6 Å². The SMILES string of the molecule is CC1OCCC1(C)Nc1ccc(Cl)cn1. The summed E-state index contributed by atoms with van der Waals surface area (Å²) in [6.07, 6.45) is 2.85. The zero-order valence-electron chi connectivity index (χ0n) is 8.96. The van der Waals surface area contributed by atoms with Crippen LogP contribution in [0.3, 0.4) is 0 Å². The average Bonchev–Trinajstić information content (AvgIpc) is 2.51. The van der Waals surface area contributed by atoms with Gasteiger partial charge in [-0.05, 0) is 32.4 Å². The molecule has 4 heteroatoms. The summed E-state index contributed by atoms with van der Waals surface area (Å²) < 4.78 is 5.55. The van der Waals surface area contributed by atoms with Crippen molar-refractivity contribution in [3.8, 4) is 0 Å². The number of ether oxygens (including phenoxy) is 1. The van der Waals surface area contributed by atoms with Crippen LogP contribution < -0.4 is 5.32 Å². The Bertz CT molecular complexity index is 341. The van der Waals surface area contributed by atoms with Gasteiger partial charge in [0.25, 0.3) is 0 Å². The third-order valence-electron chi connectivity index (χ3n) is 3.03. The van der Waals surface area contributed by atoms with E-state index < -0.39 is 0 Å². The molecule has 15 heavy (non-hydrogen) atoms. The molecule has 1 fully saturated rings. The molecule has 1 aromatic heterocycles. The topological polar surface area (TPSA) is 34.1 Å². The Morgan fingerprint density at radius 1 is 1.60 bits per heavy atom. The number of hydrogen-bond acceptors (Lipinski definition) is 3. The van der Waals surface area contributed by atoms with Gasteiger partial charge in [-0.15, -0.1) is 0 Å². The van der Waals surface area contributed by atoms with Gasteiger partial charge in [-0.2, -0.15) is 0 Å². The molecule has 2 atom stereocenters. The molecule has 1 saturated heterocycles. The fraction of sp³-hybridized carbons (Fsp3) is 0.545. The van der Waals surface area contributed by atoms with Crippen LogP contribution in [0.4, 0.5) is 5.82 Å². The molecule has 1 aliphatic rings. The van der Waals surface area contributed by atoms with Gasteiger partial charge in [0.15, 0.2) is 0 Å². The smallest absolute Gasteiger partial charge is 0.126 e. The van der Waals surface area contributed by atoms with Gasteiger partial charge in [-0.3, -0.25) is 0 Å². The van der Waals surface area contributed by atoms with Crippen LogP contribution in [-0.4, -0.2) is 23.2 Å². The van der Waals surface area contributed by atoms with E-state index >= 15 is 0 Å². The van der Waals surface area contributed by atoms with E-state index in [1.807, 2.05) is 12.1 Å². The fourth-order valence-electron chi connectivity index (χ4n) is 1.74. The van der Waals surface area contributed by atoms with E-state index in [1.54, 1.807) is 6.20 Å². The van der Waals surface area contributed by atoms with Gasteiger partial charge in [-0.25, -0.2) is 4.98 Å². The summed E-state index contributed by atoms with van der Waals surface area (Å²) in [7, 11) is 0. The minimum atomic E-state index is -0.0270. The predicted molar refractivity (Wildman–Crippen MR) is 61.3 cm³/mol. The van der Waals surface area contributed by atoms with Crippen LogP contribution in [-0.2, 0) is 4.74 Å². The first-order valence-corrected chi connectivity index (χ1v) is 5.49. The Morgan fingerprint density at radius 2 is 2.40 bits per heavy atom. The van der Waals surface area contributed by atoms with Gasteiger partial charge in [0, 0.05) is 12.8 Å². The van der Waals surface area contributed by atoms with Crippen LogP contribution >= 0.6 is 11.6 Å². The minimum absolute atomic E-state index is 0.0270. The van der Waals surface area contributed by atoms with E-state index in [2.05, 4.69) is 24.1 Å². The van der Waals surface area contributed by atoms with Gasteiger partial charge in [0.2, 0.25) is 0 Å². The van der Waals surface area contributed by atoms with Gasteiger partial charge in [0.05, 0.1) is 16.7 Å². The third kappa shape index (κ3) is 2.24. The van der Waals surface area contributed by atoms with E-state index in [0.717, 1.165) is 18.8 Å². The van der Waals surface area contributed by atoms with Crippen molar-refractivity contribution < 1.29 is 4.74 Å². The normalized spacial score (nSPS) is 30.5. The molecule has 0 amide bonds. The molecular formula is C11H15ClN2O. The summed E-state index contributed by atoms with van der Waals surface area (Å²) in [5, 5.41) is 4.05. The van der Waals surface area contributed by atoms with E-state index in [-0.39, 0.29) is 11.6 Å². The lowest BCUT2D eigenvalue weighted by molar-refractivity contribution is 0.105. The highest BCUT2D eigenvalue weighted by molar-refractivity contribution is 6.30. The summed E-state index contributed by atoms with van der Waals surface area (Å²) in [5.74, 6) is 0.847. The first kappa shape index (κ1) is 10.7. The first-order chi connectivity index (χ1) is 7.10. The Labute approximate surface area is 94.8 Å². The Hall–Kier alpha value is -0.800. The number of nitrogens with zero attached hydrogens (tertiary/aromatic N) is 1. The van der Waals surface area contributed by atoms with Gasteiger partial charge >= 0.3 is 0 Å². The Morgan fingerprint density at radius 3 is 2.93 bits per heavy atom. The number of pyridine rings is 1. The highest BCUT2D eigenvalue weighted by Crippen LogP contribution is 2.28. The van der Waals surface area contributed by atoms with Crippen LogP contribution in [0.2, 0.25) is 5.02 Å². The molecule has 0 radical (unpaired) electrons. The van der Waals surface area contributed by atoms with Crippen LogP contribution in [0, 0.1) is 0 Å². The molecule has 2 heterocycles. The van der Waals surface area contributed by atoms with Crippen molar-refractivity contribution in [2.24, 2.45) is 0 Å². The number of anilines is 1. The average molecular weight is 227 g/mol. The number of hydrogen-bond donors (Lipinski definition) is 1. The molecule has 82 valence electrons. The first-order valence-electron chi connectivity index (χ1n) is 5.11. The van der Waals surface area contributed by atoms with Crippen LogP contribution in [0.5, 0.6) is 0 Å². The maximum absolute atomic E-state index is 5.78. The van der Waals surface area contributed by atoms with Crippen LogP contribution in [0.25, 0.3) is 0 Å². The van der Waals surface area contributed by atoms with Gasteiger partial charge in [0.1, 0.15) is 5.82 Å². The second-order valence-corrected chi connectivity index (χ2v) is 4.60. The second-order valence-electron chi connectivity index (χ2n) is 4.17. The lowest BCUT2D eigenvalue weighted by Gasteiger charge is -2.29. The van der Waals surface area contributed by atoms with E-state index in [0.29, 0.717) is 5.02 Å². The van der Waals surface area contributed by atoms with E-state index in [1.165, 1.54) is 0 Å². The van der Waals surface area contributed by atoms with Crippen molar-refractivity contribution in [1.29, 1.82) is 0 Å². The van der Waals surface area contributed by atoms with Gasteiger partial charge < -0.3 is 10.1 Å². The summed E-state index contributed by atoms with van der Waals surface area (Å²) in [5.41, 5.74) is -0.0270. The maximum Gasteiger partial charge on any atom is 0.126 e. The molecule has 1 aliphatic heterocycles. The molecule has 2 unspecified atom stereocenters. The zero-order chi connectivity index (χ0) is 10.9. The lowest BCUT2D eigenvalue weighted by atomic mass is 9.95. The molecule has 0 saturated carbocycles. The highest BCUT2D eigenvalue weighted by atomic mass is 35.5. The lowest BCUT2D eigenvalue weighted by Crippen LogP contribution is -2.41. The molecule has 0 aliphatic carbocycles. The van der Waals surface area contributed by atoms with Crippen LogP contribution in [0.15, 0.2) is 18.3 Å². The molecule has 0 spiro atoms. The van der Waals surface area contributed by atoms with Crippen molar-refractivity contribution in [3.05, 3.63) is 23.4 Å². The third-order valence-corrected chi connectivity index (χ3v) is 3.25. The summed E-state index contributed by atoms with van der Waals surface area (Å²) in [6, 6.07) is 3.72.